The highest BCUT2D eigenvalue weighted by Gasteiger charge is 2.24. The van der Waals surface area contributed by atoms with E-state index in [0.717, 1.165) is 32.4 Å². The van der Waals surface area contributed by atoms with E-state index in [1.165, 1.54) is 19.3 Å². The minimum Gasteiger partial charge on any atom is -0.362 e. The van der Waals surface area contributed by atoms with Crippen LogP contribution < -0.4 is 20.3 Å². The molecule has 0 amide bonds. The largest absolute Gasteiger partial charge is 0.362 e. The second-order valence-corrected chi connectivity index (χ2v) is 8.98. The fourth-order valence-electron chi connectivity index (χ4n) is 3.00. The first-order chi connectivity index (χ1) is 12.9. The molecular formula is C19H31N4O2S2+. The summed E-state index contributed by atoms with van der Waals surface area (Å²) in [5.41, 5.74) is 0.654. The molecule has 4 N–H and O–H groups in total. The first kappa shape index (κ1) is 21.6. The van der Waals surface area contributed by atoms with E-state index in [-0.39, 0.29) is 4.90 Å². The van der Waals surface area contributed by atoms with Gasteiger partial charge in [-0.05, 0) is 49.2 Å². The first-order valence-electron chi connectivity index (χ1n) is 9.72. The van der Waals surface area contributed by atoms with Crippen molar-refractivity contribution in [2.45, 2.75) is 57.3 Å². The Balaban J connectivity index is 1.93. The molecule has 0 bridgehead atoms. The second-order valence-electron chi connectivity index (χ2n) is 6.89. The lowest BCUT2D eigenvalue weighted by atomic mass is 9.99. The molecule has 0 saturated carbocycles. The molecular weight excluding hydrogens is 380 g/mol. The van der Waals surface area contributed by atoms with Crippen LogP contribution in [0.3, 0.4) is 0 Å². The predicted octanol–water partition coefficient (Wildman–Crippen LogP) is 1.74. The van der Waals surface area contributed by atoms with Gasteiger partial charge in [0.2, 0.25) is 0 Å². The van der Waals surface area contributed by atoms with Gasteiger partial charge in [0.25, 0.3) is 5.84 Å². The summed E-state index contributed by atoms with van der Waals surface area (Å²) in [7, 11) is -3.60. The maximum absolute atomic E-state index is 12.5. The standard InChI is InChI=1S/C19H30N4O2S2/c1-3-5-8-15(4-2)14-21-19(26)22-16-9-6-10-17(13-16)27(24,25)23-18-11-7-12-20-18/h6,9-10,13,15H,3-5,7-8,11-12,14H2,1-2H3,(H,20,23)(H2,21,22,26)/p+1/t15-/m1/s1. The zero-order valence-electron chi connectivity index (χ0n) is 16.2. The van der Waals surface area contributed by atoms with Crippen molar-refractivity contribution in [2.24, 2.45) is 5.92 Å². The third kappa shape index (κ3) is 7.10. The number of anilines is 1. The number of hydrogen-bond acceptors (Lipinski definition) is 3. The Morgan fingerprint density at radius 1 is 1.33 bits per heavy atom. The average Bonchev–Trinajstić information content (AvgIpc) is 3.14. The molecule has 8 heteroatoms. The van der Waals surface area contributed by atoms with Crippen LogP contribution in [-0.2, 0) is 10.0 Å². The van der Waals surface area contributed by atoms with E-state index in [0.29, 0.717) is 22.6 Å². The van der Waals surface area contributed by atoms with Crippen molar-refractivity contribution < 1.29 is 13.4 Å². The van der Waals surface area contributed by atoms with Crippen LogP contribution in [0.15, 0.2) is 29.2 Å². The van der Waals surface area contributed by atoms with Crippen LogP contribution in [0.1, 0.15) is 52.4 Å². The van der Waals surface area contributed by atoms with Gasteiger partial charge in [-0.15, -0.1) is 0 Å². The van der Waals surface area contributed by atoms with Gasteiger partial charge in [-0.2, -0.15) is 13.1 Å². The Hall–Kier alpha value is -1.67. The van der Waals surface area contributed by atoms with Gasteiger partial charge >= 0.3 is 10.0 Å². The SMILES string of the molecule is CCCC[C@@H](CC)CNC(=S)Nc1cccc(S(=O)(=O)NC2=[NH+]CCC2)c1. The quantitative estimate of drug-likeness (QED) is 0.465. The van der Waals surface area contributed by atoms with Gasteiger partial charge in [0.05, 0.1) is 13.0 Å². The molecule has 1 aliphatic rings. The van der Waals surface area contributed by atoms with Gasteiger partial charge in [0.15, 0.2) is 5.11 Å². The van der Waals surface area contributed by atoms with E-state index in [2.05, 4.69) is 34.2 Å². The smallest absolute Gasteiger partial charge is 0.328 e. The number of hydrogen-bond donors (Lipinski definition) is 4. The van der Waals surface area contributed by atoms with Crippen molar-refractivity contribution in [3.05, 3.63) is 24.3 Å². The number of rotatable bonds is 9. The van der Waals surface area contributed by atoms with Crippen molar-refractivity contribution >= 4 is 38.9 Å². The summed E-state index contributed by atoms with van der Waals surface area (Å²) in [5, 5.41) is 6.85. The fraction of sp³-hybridized carbons (Fsp3) is 0.579. The molecule has 0 aliphatic carbocycles. The topological polar surface area (TPSA) is 84.2 Å². The van der Waals surface area contributed by atoms with Gasteiger partial charge in [-0.3, -0.25) is 4.99 Å². The lowest BCUT2D eigenvalue weighted by Gasteiger charge is -2.17. The summed E-state index contributed by atoms with van der Waals surface area (Å²) >= 11 is 5.37. The first-order valence-corrected chi connectivity index (χ1v) is 11.6. The highest BCUT2D eigenvalue weighted by molar-refractivity contribution is 7.90. The zero-order chi connectivity index (χ0) is 19.7. The molecule has 2 rings (SSSR count). The summed E-state index contributed by atoms with van der Waals surface area (Å²) in [6, 6.07) is 6.70. The normalized spacial score (nSPS) is 15.1. The maximum atomic E-state index is 12.5. The molecule has 0 spiro atoms. The molecule has 150 valence electrons. The van der Waals surface area contributed by atoms with Gasteiger partial charge < -0.3 is 10.6 Å². The molecule has 0 unspecified atom stereocenters. The van der Waals surface area contributed by atoms with Crippen LogP contribution in [0.25, 0.3) is 0 Å². The molecule has 0 radical (unpaired) electrons. The number of thiocarbonyl (C=S) groups is 1. The highest BCUT2D eigenvalue weighted by Crippen LogP contribution is 2.16. The number of nitrogens with one attached hydrogen (secondary N) is 4. The zero-order valence-corrected chi connectivity index (χ0v) is 17.8. The number of unbranched alkanes of at least 4 members (excludes halogenated alkanes) is 1. The van der Waals surface area contributed by atoms with Gasteiger partial charge in [-0.25, -0.2) is 0 Å². The monoisotopic (exact) mass is 411 g/mol. The Morgan fingerprint density at radius 2 is 2.15 bits per heavy atom. The van der Waals surface area contributed by atoms with Crippen LogP contribution in [-0.4, -0.2) is 32.5 Å². The molecule has 27 heavy (non-hydrogen) atoms. The third-order valence-electron chi connectivity index (χ3n) is 4.70. The molecule has 1 aromatic rings. The van der Waals surface area contributed by atoms with E-state index in [4.69, 9.17) is 12.2 Å². The molecule has 1 heterocycles. The van der Waals surface area contributed by atoms with E-state index >= 15 is 0 Å². The van der Waals surface area contributed by atoms with Gasteiger partial charge in [-0.1, -0.05) is 39.2 Å². The molecule has 0 fully saturated rings. The summed E-state index contributed by atoms with van der Waals surface area (Å²) in [4.78, 5) is 3.27. The summed E-state index contributed by atoms with van der Waals surface area (Å²) < 4.78 is 27.7. The maximum Gasteiger partial charge on any atom is 0.328 e. The summed E-state index contributed by atoms with van der Waals surface area (Å²) in [6.07, 6.45) is 6.39. The Bertz CT molecular complexity index is 763. The van der Waals surface area contributed by atoms with E-state index in [1.54, 1.807) is 18.2 Å². The second kappa shape index (κ2) is 10.6. The van der Waals surface area contributed by atoms with Crippen LogP contribution in [0.2, 0.25) is 0 Å². The van der Waals surface area contributed by atoms with Crippen molar-refractivity contribution in [2.75, 3.05) is 18.4 Å². The van der Waals surface area contributed by atoms with Gasteiger partial charge in [0.1, 0.15) is 4.90 Å². The predicted molar refractivity (Wildman–Crippen MR) is 114 cm³/mol. The van der Waals surface area contributed by atoms with E-state index < -0.39 is 10.0 Å². The number of sulfonamides is 1. The molecule has 1 aliphatic heterocycles. The van der Waals surface area contributed by atoms with Crippen LogP contribution in [0.4, 0.5) is 5.69 Å². The highest BCUT2D eigenvalue weighted by atomic mass is 32.2. The van der Waals surface area contributed by atoms with Crippen LogP contribution in [0.5, 0.6) is 0 Å². The molecule has 0 saturated heterocycles. The van der Waals surface area contributed by atoms with Crippen LogP contribution >= 0.6 is 12.2 Å². The minimum absolute atomic E-state index is 0.214. The Labute approximate surface area is 168 Å². The third-order valence-corrected chi connectivity index (χ3v) is 6.33. The Kier molecular flexibility index (Phi) is 8.50. The van der Waals surface area contributed by atoms with Crippen molar-refractivity contribution in [3.63, 3.8) is 0 Å². The van der Waals surface area contributed by atoms with Crippen molar-refractivity contribution in [3.8, 4) is 0 Å². The fourth-order valence-corrected chi connectivity index (χ4v) is 4.36. The van der Waals surface area contributed by atoms with Crippen molar-refractivity contribution in [1.29, 1.82) is 0 Å². The lowest BCUT2D eigenvalue weighted by molar-refractivity contribution is -0.448. The number of amidine groups is 1. The van der Waals surface area contributed by atoms with Crippen molar-refractivity contribution in [1.82, 2.24) is 10.0 Å². The molecule has 0 aromatic heterocycles. The van der Waals surface area contributed by atoms with E-state index in [9.17, 15) is 8.42 Å². The van der Waals surface area contributed by atoms with E-state index in [1.807, 2.05) is 6.07 Å². The number of benzene rings is 1. The van der Waals surface area contributed by atoms with Gasteiger partial charge in [0, 0.05) is 12.2 Å². The Morgan fingerprint density at radius 3 is 2.81 bits per heavy atom. The lowest BCUT2D eigenvalue weighted by Crippen LogP contribution is -2.72. The molecule has 1 atom stereocenters. The average molecular weight is 412 g/mol. The molecule has 6 nitrogen and oxygen atoms in total. The summed E-state index contributed by atoms with van der Waals surface area (Å²) in [5.74, 6) is 1.25. The molecule has 1 aromatic carbocycles. The minimum atomic E-state index is -3.60. The van der Waals surface area contributed by atoms with Crippen LogP contribution in [0, 0.1) is 5.92 Å². The summed E-state index contributed by atoms with van der Waals surface area (Å²) in [6.45, 7) is 6.02.